The van der Waals surface area contributed by atoms with E-state index in [1.165, 1.54) is 18.2 Å². The topological polar surface area (TPSA) is 78.4 Å². The van der Waals surface area contributed by atoms with Gasteiger partial charge in [0.15, 0.2) is 11.6 Å². The molecule has 1 amide bonds. The Labute approximate surface area is 139 Å². The minimum atomic E-state index is -0.720. The summed E-state index contributed by atoms with van der Waals surface area (Å²) in [5.74, 6) is -0.882. The number of hydrogen-bond donors (Lipinski definition) is 2. The Morgan fingerprint density at radius 2 is 2.00 bits per heavy atom. The van der Waals surface area contributed by atoms with E-state index in [9.17, 15) is 14.3 Å². The summed E-state index contributed by atoms with van der Waals surface area (Å²) in [7, 11) is 3.68. The summed E-state index contributed by atoms with van der Waals surface area (Å²) in [6.45, 7) is 1.73. The highest BCUT2D eigenvalue weighted by molar-refractivity contribution is 5.91. The first-order valence-electron chi connectivity index (χ1n) is 7.33. The van der Waals surface area contributed by atoms with Gasteiger partial charge in [-0.15, -0.1) is 0 Å². The van der Waals surface area contributed by atoms with Crippen molar-refractivity contribution in [2.24, 2.45) is 0 Å². The zero-order valence-electron chi connectivity index (χ0n) is 13.7. The van der Waals surface area contributed by atoms with E-state index >= 15 is 0 Å². The van der Waals surface area contributed by atoms with Crippen LogP contribution in [0.1, 0.15) is 24.1 Å². The number of nitrogens with one attached hydrogen (secondary N) is 1. The van der Waals surface area contributed by atoms with Crippen LogP contribution in [0.3, 0.4) is 0 Å². The first-order valence-corrected chi connectivity index (χ1v) is 7.33. The number of halogens is 1. The average Bonchev–Trinajstić information content (AvgIpc) is 2.55. The van der Waals surface area contributed by atoms with Gasteiger partial charge in [0, 0.05) is 38.1 Å². The molecule has 24 heavy (non-hydrogen) atoms. The fourth-order valence-electron chi connectivity index (χ4n) is 1.96. The van der Waals surface area contributed by atoms with E-state index in [4.69, 9.17) is 0 Å². The lowest BCUT2D eigenvalue weighted by atomic mass is 10.1. The normalized spacial score (nSPS) is 12.2. The third-order valence-electron chi connectivity index (χ3n) is 3.32. The minimum absolute atomic E-state index is 0.326. The van der Waals surface area contributed by atoms with Crippen molar-refractivity contribution in [3.8, 4) is 5.75 Å². The van der Waals surface area contributed by atoms with Gasteiger partial charge in [0.1, 0.15) is 0 Å². The first kappa shape index (κ1) is 17.4. The molecule has 6 nitrogen and oxygen atoms in total. The Bertz CT molecular complexity index is 745. The smallest absolute Gasteiger partial charge is 0.244 e. The van der Waals surface area contributed by atoms with Gasteiger partial charge in [-0.05, 0) is 30.7 Å². The van der Waals surface area contributed by atoms with Gasteiger partial charge in [-0.3, -0.25) is 4.79 Å². The van der Waals surface area contributed by atoms with E-state index in [1.807, 2.05) is 14.1 Å². The molecule has 126 valence electrons. The predicted octanol–water partition coefficient (Wildman–Crippen LogP) is 2.28. The molecule has 0 fully saturated rings. The molecule has 1 unspecified atom stereocenters. The van der Waals surface area contributed by atoms with Crippen molar-refractivity contribution >= 4 is 17.9 Å². The summed E-state index contributed by atoms with van der Waals surface area (Å²) >= 11 is 0. The second kappa shape index (κ2) is 7.54. The zero-order chi connectivity index (χ0) is 17.7. The van der Waals surface area contributed by atoms with Gasteiger partial charge in [-0.25, -0.2) is 14.4 Å². The van der Waals surface area contributed by atoms with Crippen molar-refractivity contribution in [2.75, 3.05) is 19.0 Å². The molecule has 2 N–H and O–H groups in total. The number of carbonyl (C=O) groups excluding carboxylic acids is 1. The van der Waals surface area contributed by atoms with E-state index in [0.717, 1.165) is 0 Å². The number of hydrogen-bond acceptors (Lipinski definition) is 5. The molecule has 7 heteroatoms. The minimum Gasteiger partial charge on any atom is -0.505 e. The van der Waals surface area contributed by atoms with Crippen LogP contribution in [-0.2, 0) is 4.79 Å². The lowest BCUT2D eigenvalue weighted by molar-refractivity contribution is -0.117. The van der Waals surface area contributed by atoms with Gasteiger partial charge < -0.3 is 15.3 Å². The Hall–Kier alpha value is -2.96. The van der Waals surface area contributed by atoms with Gasteiger partial charge in [-0.1, -0.05) is 6.07 Å². The number of anilines is 1. The number of carbonyl (C=O) groups is 1. The molecule has 0 aliphatic heterocycles. The number of aromatic nitrogens is 2. The molecular formula is C17H19FN4O2. The number of rotatable bonds is 5. The predicted molar refractivity (Wildman–Crippen MR) is 90.0 cm³/mol. The molecule has 0 bridgehead atoms. The Morgan fingerprint density at radius 1 is 1.33 bits per heavy atom. The van der Waals surface area contributed by atoms with Crippen molar-refractivity contribution in [2.45, 2.75) is 13.0 Å². The Morgan fingerprint density at radius 3 is 2.58 bits per heavy atom. The van der Waals surface area contributed by atoms with E-state index in [0.29, 0.717) is 17.1 Å². The summed E-state index contributed by atoms with van der Waals surface area (Å²) in [5, 5.41) is 11.9. The monoisotopic (exact) mass is 330 g/mol. The van der Waals surface area contributed by atoms with Crippen molar-refractivity contribution in [1.82, 2.24) is 15.3 Å². The summed E-state index contributed by atoms with van der Waals surface area (Å²) < 4.78 is 13.3. The summed E-state index contributed by atoms with van der Waals surface area (Å²) in [6, 6.07) is 3.61. The molecule has 1 aromatic carbocycles. The van der Waals surface area contributed by atoms with E-state index < -0.39 is 17.6 Å². The highest BCUT2D eigenvalue weighted by atomic mass is 19.1. The number of benzene rings is 1. The number of nitrogens with zero attached hydrogens (tertiary/aromatic N) is 3. The molecule has 0 saturated heterocycles. The van der Waals surface area contributed by atoms with Crippen molar-refractivity contribution in [3.63, 3.8) is 0 Å². The molecule has 0 spiro atoms. The van der Waals surface area contributed by atoms with Crippen LogP contribution in [0.5, 0.6) is 5.75 Å². The van der Waals surface area contributed by atoms with E-state index in [2.05, 4.69) is 15.3 Å². The lowest BCUT2D eigenvalue weighted by Gasteiger charge is -2.13. The van der Waals surface area contributed by atoms with Crippen LogP contribution in [0, 0.1) is 5.82 Å². The fraction of sp³-hybridized carbons (Fsp3) is 0.235. The average molecular weight is 330 g/mol. The van der Waals surface area contributed by atoms with Crippen molar-refractivity contribution < 1.29 is 14.3 Å². The maximum atomic E-state index is 13.3. The largest absolute Gasteiger partial charge is 0.505 e. The fourth-order valence-corrected chi connectivity index (χ4v) is 1.96. The molecule has 0 aliphatic rings. The van der Waals surface area contributed by atoms with Crippen molar-refractivity contribution in [1.29, 1.82) is 0 Å². The third-order valence-corrected chi connectivity index (χ3v) is 3.32. The standard InChI is InChI=1S/C17H19FN4O2/c1-11(13-5-6-15(23)14(18)8-13)21-16(24)7-4-12-9-19-17(20-10-12)22(2)3/h4-11,23H,1-3H3,(H,21,24)/b7-4+. The van der Waals surface area contributed by atoms with Gasteiger partial charge in [0.25, 0.3) is 0 Å². The number of phenols is 1. The molecule has 0 aliphatic carbocycles. The molecule has 2 rings (SSSR count). The quantitative estimate of drug-likeness (QED) is 0.822. The van der Waals surface area contributed by atoms with E-state index in [1.54, 1.807) is 36.4 Å². The second-order valence-corrected chi connectivity index (χ2v) is 5.49. The SMILES string of the molecule is CC(NC(=O)/C=C/c1cnc(N(C)C)nc1)c1ccc(O)c(F)c1. The first-order chi connectivity index (χ1) is 11.4. The zero-order valence-corrected chi connectivity index (χ0v) is 13.7. The highest BCUT2D eigenvalue weighted by Gasteiger charge is 2.10. The second-order valence-electron chi connectivity index (χ2n) is 5.49. The van der Waals surface area contributed by atoms with Crippen LogP contribution in [0.4, 0.5) is 10.3 Å². The van der Waals surface area contributed by atoms with Crippen molar-refractivity contribution in [3.05, 3.63) is 53.6 Å². The van der Waals surface area contributed by atoms with Crippen LogP contribution in [0.25, 0.3) is 6.08 Å². The maximum Gasteiger partial charge on any atom is 0.244 e. The van der Waals surface area contributed by atoms with Gasteiger partial charge in [0.2, 0.25) is 11.9 Å². The maximum absolute atomic E-state index is 13.3. The Balaban J connectivity index is 1.97. The summed E-state index contributed by atoms with van der Waals surface area (Å²) in [5.41, 5.74) is 1.25. The van der Waals surface area contributed by atoms with Crippen LogP contribution in [-0.4, -0.2) is 35.1 Å². The third kappa shape index (κ3) is 4.52. The highest BCUT2D eigenvalue weighted by Crippen LogP contribution is 2.20. The number of aromatic hydroxyl groups is 1. The molecule has 1 heterocycles. The molecule has 1 atom stereocenters. The Kier molecular flexibility index (Phi) is 5.47. The molecule has 1 aromatic heterocycles. The number of phenolic OH excluding ortho intramolecular Hbond substituents is 1. The van der Waals surface area contributed by atoms with Gasteiger partial charge in [-0.2, -0.15) is 0 Å². The number of amides is 1. The van der Waals surface area contributed by atoms with Crippen LogP contribution >= 0.6 is 0 Å². The van der Waals surface area contributed by atoms with E-state index in [-0.39, 0.29) is 5.91 Å². The van der Waals surface area contributed by atoms with Crippen LogP contribution in [0.15, 0.2) is 36.7 Å². The molecule has 0 radical (unpaired) electrons. The summed E-state index contributed by atoms with van der Waals surface area (Å²) in [4.78, 5) is 22.0. The molecule has 0 saturated carbocycles. The molecule has 2 aromatic rings. The van der Waals surface area contributed by atoms with Crippen LogP contribution in [0.2, 0.25) is 0 Å². The summed E-state index contributed by atoms with van der Waals surface area (Å²) in [6.07, 6.45) is 6.19. The molecular weight excluding hydrogens is 311 g/mol. The van der Waals surface area contributed by atoms with Gasteiger partial charge >= 0.3 is 0 Å². The van der Waals surface area contributed by atoms with Gasteiger partial charge in [0.05, 0.1) is 6.04 Å². The van der Waals surface area contributed by atoms with Crippen LogP contribution < -0.4 is 10.2 Å². The lowest BCUT2D eigenvalue weighted by Crippen LogP contribution is -2.24.